The molecule has 0 aliphatic rings. The molecule has 0 aliphatic heterocycles. The van der Waals surface area contributed by atoms with Gasteiger partial charge >= 0.3 is 17.9 Å². The zero-order chi connectivity index (χ0) is 51.3. The zero-order valence-electron chi connectivity index (χ0n) is 45.4. The van der Waals surface area contributed by atoms with Gasteiger partial charge in [0.25, 0.3) is 6.29 Å². The summed E-state index contributed by atoms with van der Waals surface area (Å²) >= 11 is 0. The largest absolute Gasteiger partial charge is 0.477 e. The number of allylic oxidation sites excluding steroid dienone is 16. The summed E-state index contributed by atoms with van der Waals surface area (Å²) in [6.45, 7) is 4.74. The Hall–Kier alpha value is -3.79. The smallest absolute Gasteiger partial charge is 0.361 e. The molecular formula is C61H104NO8+. The topological polar surface area (TPSA) is 108 Å². The van der Waals surface area contributed by atoms with Crippen LogP contribution < -0.4 is 0 Å². The highest BCUT2D eigenvalue weighted by Crippen LogP contribution is 2.15. The van der Waals surface area contributed by atoms with Crippen LogP contribution in [0.3, 0.4) is 0 Å². The number of ether oxygens (including phenoxy) is 4. The molecule has 0 aromatic rings. The number of carboxylic acid groups (broad SMARTS) is 1. The lowest BCUT2D eigenvalue weighted by molar-refractivity contribution is -0.870. The molecular weight excluding hydrogens is 875 g/mol. The molecule has 9 nitrogen and oxygen atoms in total. The Morgan fingerprint density at radius 2 is 0.814 bits per heavy atom. The Morgan fingerprint density at radius 3 is 1.21 bits per heavy atom. The highest BCUT2D eigenvalue weighted by molar-refractivity contribution is 5.71. The minimum atomic E-state index is -1.52. The summed E-state index contributed by atoms with van der Waals surface area (Å²) in [5, 5.41) is 9.68. The van der Waals surface area contributed by atoms with Gasteiger partial charge in [-0.15, -0.1) is 0 Å². The molecule has 0 radical (unpaired) electrons. The first kappa shape index (κ1) is 66.2. The summed E-state index contributed by atoms with van der Waals surface area (Å²) < 4.78 is 22.8. The van der Waals surface area contributed by atoms with Crippen LogP contribution in [-0.2, 0) is 33.3 Å². The third-order valence-electron chi connectivity index (χ3n) is 11.6. The van der Waals surface area contributed by atoms with Crippen molar-refractivity contribution in [3.8, 4) is 0 Å². The number of nitrogens with zero attached hydrogens (tertiary/aromatic N) is 1. The number of esters is 2. The van der Waals surface area contributed by atoms with Crippen molar-refractivity contribution >= 4 is 17.9 Å². The number of unbranched alkanes of at least 4 members (excludes halogenated alkanes) is 19. The predicted molar refractivity (Wildman–Crippen MR) is 295 cm³/mol. The van der Waals surface area contributed by atoms with Crippen LogP contribution in [0.2, 0.25) is 0 Å². The van der Waals surface area contributed by atoms with Gasteiger partial charge in [-0.25, -0.2) is 4.79 Å². The minimum absolute atomic E-state index is 0.181. The second kappa shape index (κ2) is 51.6. The number of carbonyl (C=O) groups is 3. The summed E-state index contributed by atoms with van der Waals surface area (Å²) in [4.78, 5) is 37.3. The average molecular weight is 980 g/mol. The molecule has 0 rings (SSSR count). The minimum Gasteiger partial charge on any atom is -0.477 e. The van der Waals surface area contributed by atoms with Crippen molar-refractivity contribution in [3.05, 3.63) is 97.2 Å². The summed E-state index contributed by atoms with van der Waals surface area (Å²) in [7, 11) is 5.95. The van der Waals surface area contributed by atoms with E-state index < -0.39 is 24.3 Å². The van der Waals surface area contributed by atoms with Gasteiger partial charge in [-0.3, -0.25) is 9.59 Å². The lowest BCUT2D eigenvalue weighted by atomic mass is 10.0. The fourth-order valence-corrected chi connectivity index (χ4v) is 7.32. The third-order valence-corrected chi connectivity index (χ3v) is 11.6. The first-order valence-electron chi connectivity index (χ1n) is 27.9. The molecule has 70 heavy (non-hydrogen) atoms. The van der Waals surface area contributed by atoms with E-state index in [2.05, 4.69) is 111 Å². The summed E-state index contributed by atoms with van der Waals surface area (Å²) in [6, 6.07) is 0. The Bertz CT molecular complexity index is 1470. The number of likely N-dealkylation sites (N-methyl/N-ethyl adjacent to an activating group) is 1. The van der Waals surface area contributed by atoms with Crippen molar-refractivity contribution in [3.63, 3.8) is 0 Å². The number of carbonyl (C=O) groups excluding carboxylic acids is 2. The molecule has 0 saturated carbocycles. The van der Waals surface area contributed by atoms with Gasteiger partial charge in [-0.1, -0.05) is 220 Å². The second-order valence-electron chi connectivity index (χ2n) is 19.5. The molecule has 0 bridgehead atoms. The van der Waals surface area contributed by atoms with Crippen LogP contribution in [0.25, 0.3) is 0 Å². The molecule has 0 fully saturated rings. The molecule has 400 valence electrons. The van der Waals surface area contributed by atoms with Crippen LogP contribution in [0.4, 0.5) is 0 Å². The van der Waals surface area contributed by atoms with Crippen molar-refractivity contribution in [2.75, 3.05) is 47.5 Å². The standard InChI is InChI=1S/C61H103NO8/c1-6-8-10-12-14-16-18-20-22-23-24-25-26-27-28-29-30-31-32-33-34-35-36-37-38-40-42-44-46-48-50-52-59(64)70-57(56-69-61(60(65)66)67-54-53-62(3,4)5)55-68-58(63)51-49-47-45-43-41-39-21-19-17-15-13-11-9-7-2/h8,10,14,16,20,22,24-25,27-28,30-31,33-34,36-37,57,61H,6-7,9,11-13,15,17-19,21,23,26,29,32,35,38-56H2,1-5H3/p+1/b10-8-,16-14-,22-20-,25-24-,28-27-,31-30-,34-33-,37-36-. The molecule has 0 aromatic heterocycles. The summed E-state index contributed by atoms with van der Waals surface area (Å²) in [5.74, 6) is -2.03. The van der Waals surface area contributed by atoms with Gasteiger partial charge in [0.05, 0.1) is 34.4 Å². The van der Waals surface area contributed by atoms with Crippen LogP contribution in [0.1, 0.15) is 213 Å². The second-order valence-corrected chi connectivity index (χ2v) is 19.5. The number of quaternary nitrogens is 1. The van der Waals surface area contributed by atoms with Gasteiger partial charge in [0.1, 0.15) is 13.2 Å². The maximum atomic E-state index is 12.8. The van der Waals surface area contributed by atoms with E-state index in [-0.39, 0.29) is 32.2 Å². The summed E-state index contributed by atoms with van der Waals surface area (Å²) in [6.07, 6.45) is 66.2. The number of rotatable bonds is 50. The summed E-state index contributed by atoms with van der Waals surface area (Å²) in [5.41, 5.74) is 0. The Balaban J connectivity index is 4.29. The third kappa shape index (κ3) is 52.0. The van der Waals surface area contributed by atoms with Crippen LogP contribution in [0.5, 0.6) is 0 Å². The first-order valence-corrected chi connectivity index (χ1v) is 27.9. The van der Waals surface area contributed by atoms with E-state index in [0.717, 1.165) is 109 Å². The van der Waals surface area contributed by atoms with Crippen molar-refractivity contribution in [1.29, 1.82) is 0 Å². The fraction of sp³-hybridized carbons (Fsp3) is 0.689. The molecule has 0 aromatic carbocycles. The number of aliphatic carboxylic acids is 1. The zero-order valence-corrected chi connectivity index (χ0v) is 45.4. The number of carboxylic acids is 1. The molecule has 1 N–H and O–H groups in total. The van der Waals surface area contributed by atoms with Gasteiger partial charge < -0.3 is 28.5 Å². The van der Waals surface area contributed by atoms with Gasteiger partial charge in [0, 0.05) is 12.8 Å². The maximum absolute atomic E-state index is 12.8. The number of hydrogen-bond donors (Lipinski definition) is 1. The fourth-order valence-electron chi connectivity index (χ4n) is 7.32. The van der Waals surface area contributed by atoms with Gasteiger partial charge in [0.2, 0.25) is 0 Å². The molecule has 0 spiro atoms. The molecule has 0 saturated heterocycles. The molecule has 0 heterocycles. The monoisotopic (exact) mass is 979 g/mol. The quantitative estimate of drug-likeness (QED) is 0.0211. The van der Waals surface area contributed by atoms with E-state index in [0.29, 0.717) is 23.9 Å². The van der Waals surface area contributed by atoms with Gasteiger partial charge in [-0.05, 0) is 77.0 Å². The van der Waals surface area contributed by atoms with E-state index in [1.54, 1.807) is 0 Å². The Kier molecular flexibility index (Phi) is 48.8. The Morgan fingerprint density at radius 1 is 0.443 bits per heavy atom. The van der Waals surface area contributed by atoms with E-state index in [1.165, 1.54) is 70.6 Å². The van der Waals surface area contributed by atoms with Crippen molar-refractivity contribution < 1.29 is 42.9 Å². The van der Waals surface area contributed by atoms with Crippen LogP contribution in [-0.4, -0.2) is 87.4 Å². The Labute approximate surface area is 429 Å². The highest BCUT2D eigenvalue weighted by atomic mass is 16.7. The SMILES string of the molecule is CC/C=C\C/C=C\C/C=C\C/C=C\C/C=C\C/C=C\C/C=C\C/C=C\CCCCCCCCC(=O)OC(COC(=O)CCCCCCCCCCCCCCCC)COC(OCC[N+](C)(C)C)C(=O)O. The molecule has 0 aliphatic carbocycles. The van der Waals surface area contributed by atoms with Crippen LogP contribution in [0.15, 0.2) is 97.2 Å². The molecule has 0 amide bonds. The van der Waals surface area contributed by atoms with E-state index in [9.17, 15) is 19.5 Å². The lowest BCUT2D eigenvalue weighted by Gasteiger charge is -2.25. The van der Waals surface area contributed by atoms with Gasteiger partial charge in [-0.2, -0.15) is 0 Å². The van der Waals surface area contributed by atoms with E-state index in [1.807, 2.05) is 21.1 Å². The van der Waals surface area contributed by atoms with Crippen LogP contribution in [0, 0.1) is 0 Å². The number of hydrogen-bond acceptors (Lipinski definition) is 7. The van der Waals surface area contributed by atoms with E-state index >= 15 is 0 Å². The van der Waals surface area contributed by atoms with Gasteiger partial charge in [0.15, 0.2) is 6.10 Å². The maximum Gasteiger partial charge on any atom is 0.361 e. The van der Waals surface area contributed by atoms with Crippen molar-refractivity contribution in [2.24, 2.45) is 0 Å². The average Bonchev–Trinajstić information content (AvgIpc) is 3.33. The normalized spacial score (nSPS) is 13.6. The molecule has 2 atom stereocenters. The lowest BCUT2D eigenvalue weighted by Crippen LogP contribution is -2.40. The first-order chi connectivity index (χ1) is 34.1. The van der Waals surface area contributed by atoms with Crippen LogP contribution >= 0.6 is 0 Å². The predicted octanol–water partition coefficient (Wildman–Crippen LogP) is 16.2. The molecule has 2 unspecified atom stereocenters. The van der Waals surface area contributed by atoms with Crippen molar-refractivity contribution in [1.82, 2.24) is 0 Å². The van der Waals surface area contributed by atoms with E-state index in [4.69, 9.17) is 18.9 Å². The van der Waals surface area contributed by atoms with Crippen molar-refractivity contribution in [2.45, 2.75) is 225 Å². The highest BCUT2D eigenvalue weighted by Gasteiger charge is 2.25. The molecule has 9 heteroatoms.